The van der Waals surface area contributed by atoms with Gasteiger partial charge in [-0.3, -0.25) is 4.79 Å². The van der Waals surface area contributed by atoms with E-state index in [-0.39, 0.29) is 12.5 Å². The van der Waals surface area contributed by atoms with Gasteiger partial charge in [-0.25, -0.2) is 8.42 Å². The summed E-state index contributed by atoms with van der Waals surface area (Å²) in [6.45, 7) is 10.1. The molecule has 1 heterocycles. The Morgan fingerprint density at radius 1 is 0.905 bits per heavy atom. The van der Waals surface area contributed by atoms with Crippen molar-refractivity contribution in [3.05, 3.63) is 27.8 Å². The zero-order chi connectivity index (χ0) is 15.9. The van der Waals surface area contributed by atoms with Gasteiger partial charge in [-0.05, 0) is 62.4 Å². The Kier molecular flexibility index (Phi) is 4.13. The van der Waals surface area contributed by atoms with E-state index in [1.165, 1.54) is 4.31 Å². The maximum absolute atomic E-state index is 12.9. The van der Waals surface area contributed by atoms with E-state index in [1.807, 2.05) is 34.6 Å². The molecular formula is C15H22N2O3S. The van der Waals surface area contributed by atoms with Gasteiger partial charge in [-0.1, -0.05) is 0 Å². The fourth-order valence-electron chi connectivity index (χ4n) is 2.80. The lowest BCUT2D eigenvalue weighted by atomic mass is 9.95. The third-order valence-corrected chi connectivity index (χ3v) is 6.65. The van der Waals surface area contributed by atoms with Crippen molar-refractivity contribution in [2.24, 2.45) is 0 Å². The molecule has 0 spiro atoms. The lowest BCUT2D eigenvalue weighted by Gasteiger charge is -2.28. The average molecular weight is 310 g/mol. The third-order valence-electron chi connectivity index (χ3n) is 4.53. The van der Waals surface area contributed by atoms with E-state index in [4.69, 9.17) is 0 Å². The van der Waals surface area contributed by atoms with Crippen LogP contribution in [0.15, 0.2) is 4.90 Å². The highest BCUT2D eigenvalue weighted by atomic mass is 32.2. The Balaban J connectivity index is 2.63. The summed E-state index contributed by atoms with van der Waals surface area (Å²) in [4.78, 5) is 11.9. The number of piperazine rings is 1. The fraction of sp³-hybridized carbons (Fsp3) is 0.533. The molecule has 0 unspecified atom stereocenters. The molecule has 21 heavy (non-hydrogen) atoms. The molecule has 0 aliphatic carbocycles. The predicted molar refractivity (Wildman–Crippen MR) is 81.9 cm³/mol. The molecule has 5 nitrogen and oxygen atoms in total. The SMILES string of the molecule is Cc1c(C)c(C)c(S(=O)(=O)N2CCNC(=O)C2)c(C)c1C. The molecule has 6 heteroatoms. The monoisotopic (exact) mass is 310 g/mol. The lowest BCUT2D eigenvalue weighted by molar-refractivity contribution is -0.122. The van der Waals surface area contributed by atoms with E-state index in [2.05, 4.69) is 5.32 Å². The van der Waals surface area contributed by atoms with Gasteiger partial charge in [0.2, 0.25) is 15.9 Å². The van der Waals surface area contributed by atoms with Gasteiger partial charge in [0.15, 0.2) is 0 Å². The number of hydrogen-bond acceptors (Lipinski definition) is 3. The van der Waals surface area contributed by atoms with Crippen molar-refractivity contribution in [2.45, 2.75) is 39.5 Å². The molecule has 1 amide bonds. The lowest BCUT2D eigenvalue weighted by Crippen LogP contribution is -2.50. The summed E-state index contributed by atoms with van der Waals surface area (Å²) in [5.41, 5.74) is 4.68. The summed E-state index contributed by atoms with van der Waals surface area (Å²) < 4.78 is 27.1. The maximum atomic E-state index is 12.9. The Bertz CT molecular complexity index is 679. The third kappa shape index (κ3) is 2.58. The van der Waals surface area contributed by atoms with Crippen LogP contribution in [0.4, 0.5) is 0 Å². The topological polar surface area (TPSA) is 66.5 Å². The van der Waals surface area contributed by atoms with Crippen LogP contribution < -0.4 is 5.32 Å². The van der Waals surface area contributed by atoms with E-state index >= 15 is 0 Å². The maximum Gasteiger partial charge on any atom is 0.244 e. The quantitative estimate of drug-likeness (QED) is 0.896. The predicted octanol–water partition coefficient (Wildman–Crippen LogP) is 1.35. The van der Waals surface area contributed by atoms with E-state index in [9.17, 15) is 13.2 Å². The van der Waals surface area contributed by atoms with Crippen LogP contribution in [0.25, 0.3) is 0 Å². The number of sulfonamides is 1. The van der Waals surface area contributed by atoms with E-state index in [1.54, 1.807) is 0 Å². The second kappa shape index (κ2) is 5.42. The number of nitrogens with zero attached hydrogens (tertiary/aromatic N) is 1. The minimum atomic E-state index is -3.65. The van der Waals surface area contributed by atoms with Crippen molar-refractivity contribution < 1.29 is 13.2 Å². The van der Waals surface area contributed by atoms with Gasteiger partial charge in [0.25, 0.3) is 0 Å². The second-order valence-corrected chi connectivity index (χ2v) is 7.52. The van der Waals surface area contributed by atoms with Crippen LogP contribution in [0.5, 0.6) is 0 Å². The van der Waals surface area contributed by atoms with E-state index < -0.39 is 10.0 Å². The van der Waals surface area contributed by atoms with Crippen molar-refractivity contribution in [3.8, 4) is 0 Å². The zero-order valence-electron chi connectivity index (χ0n) is 13.2. The smallest absolute Gasteiger partial charge is 0.244 e. The zero-order valence-corrected chi connectivity index (χ0v) is 14.0. The number of hydrogen-bond donors (Lipinski definition) is 1. The van der Waals surface area contributed by atoms with Gasteiger partial charge in [0.05, 0.1) is 11.4 Å². The molecule has 0 bridgehead atoms. The Labute approximate surface area is 126 Å². The first kappa shape index (κ1) is 16.0. The fourth-order valence-corrected chi connectivity index (χ4v) is 4.76. The molecule has 0 saturated carbocycles. The van der Waals surface area contributed by atoms with Crippen molar-refractivity contribution in [2.75, 3.05) is 19.6 Å². The molecule has 1 aliphatic rings. The number of rotatable bonds is 2. The molecule has 1 fully saturated rings. The number of carbonyl (C=O) groups excluding carboxylic acids is 1. The van der Waals surface area contributed by atoms with E-state index in [0.29, 0.717) is 18.0 Å². The van der Waals surface area contributed by atoms with E-state index in [0.717, 1.165) is 27.8 Å². The standard InChI is InChI=1S/C15H22N2O3S/c1-9-10(2)12(4)15(13(5)11(9)3)21(19,20)17-7-6-16-14(18)8-17/h6-8H2,1-5H3,(H,16,18). The molecule has 1 aromatic rings. The molecule has 1 aliphatic heterocycles. The number of amides is 1. The second-order valence-electron chi connectivity index (χ2n) is 5.64. The van der Waals surface area contributed by atoms with Crippen LogP contribution in [-0.4, -0.2) is 38.3 Å². The summed E-state index contributed by atoms with van der Waals surface area (Å²) in [6.07, 6.45) is 0. The van der Waals surface area contributed by atoms with Gasteiger partial charge in [0.1, 0.15) is 0 Å². The average Bonchev–Trinajstić information content (AvgIpc) is 2.43. The summed E-state index contributed by atoms with van der Waals surface area (Å²) >= 11 is 0. The molecule has 1 aromatic carbocycles. The van der Waals surface area contributed by atoms with Gasteiger partial charge in [-0.15, -0.1) is 0 Å². The van der Waals surface area contributed by atoms with Crippen LogP contribution >= 0.6 is 0 Å². The van der Waals surface area contributed by atoms with Gasteiger partial charge < -0.3 is 5.32 Å². The first-order valence-corrected chi connectivity index (χ1v) is 8.45. The Hall–Kier alpha value is -1.40. The van der Waals surface area contributed by atoms with Crippen LogP contribution in [-0.2, 0) is 14.8 Å². The van der Waals surface area contributed by atoms with Crippen molar-refractivity contribution in [1.82, 2.24) is 9.62 Å². The summed E-state index contributed by atoms with van der Waals surface area (Å²) in [5, 5.41) is 2.65. The van der Waals surface area contributed by atoms with Crippen molar-refractivity contribution >= 4 is 15.9 Å². The number of benzene rings is 1. The minimum Gasteiger partial charge on any atom is -0.354 e. The molecule has 2 rings (SSSR count). The normalized spacial score (nSPS) is 16.9. The van der Waals surface area contributed by atoms with Crippen LogP contribution in [0.2, 0.25) is 0 Å². The van der Waals surface area contributed by atoms with Gasteiger partial charge in [-0.2, -0.15) is 4.31 Å². The first-order chi connectivity index (χ1) is 9.67. The number of carbonyl (C=O) groups is 1. The van der Waals surface area contributed by atoms with Crippen LogP contribution in [0.3, 0.4) is 0 Å². The summed E-state index contributed by atoms with van der Waals surface area (Å²) in [6, 6.07) is 0. The summed E-state index contributed by atoms with van der Waals surface area (Å²) in [7, 11) is -3.65. The molecule has 0 radical (unpaired) electrons. The van der Waals surface area contributed by atoms with Gasteiger partial charge >= 0.3 is 0 Å². The Morgan fingerprint density at radius 2 is 1.38 bits per heavy atom. The van der Waals surface area contributed by atoms with Gasteiger partial charge in [0, 0.05) is 13.1 Å². The molecule has 0 atom stereocenters. The highest BCUT2D eigenvalue weighted by molar-refractivity contribution is 7.89. The largest absolute Gasteiger partial charge is 0.354 e. The number of nitrogens with one attached hydrogen (secondary N) is 1. The van der Waals surface area contributed by atoms with Crippen molar-refractivity contribution in [3.63, 3.8) is 0 Å². The molecular weight excluding hydrogens is 288 g/mol. The molecule has 1 saturated heterocycles. The molecule has 0 aromatic heterocycles. The Morgan fingerprint density at radius 3 is 1.86 bits per heavy atom. The summed E-state index contributed by atoms with van der Waals surface area (Å²) in [5.74, 6) is -0.249. The first-order valence-electron chi connectivity index (χ1n) is 7.01. The minimum absolute atomic E-state index is 0.104. The van der Waals surface area contributed by atoms with Crippen LogP contribution in [0, 0.1) is 34.6 Å². The highest BCUT2D eigenvalue weighted by Crippen LogP contribution is 2.31. The van der Waals surface area contributed by atoms with Crippen LogP contribution in [0.1, 0.15) is 27.8 Å². The molecule has 1 N–H and O–H groups in total. The molecule has 116 valence electrons. The highest BCUT2D eigenvalue weighted by Gasteiger charge is 2.32. The van der Waals surface area contributed by atoms with Crippen molar-refractivity contribution in [1.29, 1.82) is 0 Å².